The quantitative estimate of drug-likeness (QED) is 0.799. The molecule has 1 atom stereocenters. The van der Waals surface area contributed by atoms with E-state index in [1.165, 1.54) is 5.56 Å². The van der Waals surface area contributed by atoms with E-state index in [1.54, 1.807) is 0 Å². The molecule has 3 heterocycles. The summed E-state index contributed by atoms with van der Waals surface area (Å²) in [5, 5.41) is 0. The van der Waals surface area contributed by atoms with Gasteiger partial charge in [0.25, 0.3) is 5.91 Å². The van der Waals surface area contributed by atoms with E-state index in [9.17, 15) is 4.79 Å². The Labute approximate surface area is 173 Å². The third kappa shape index (κ3) is 3.38. The van der Waals surface area contributed by atoms with Crippen molar-refractivity contribution in [1.82, 2.24) is 9.80 Å². The number of hydrogen-bond donors (Lipinski definition) is 0. The maximum absolute atomic E-state index is 12.9. The van der Waals surface area contributed by atoms with Crippen LogP contribution in [0.1, 0.15) is 35.2 Å². The average Bonchev–Trinajstić information content (AvgIpc) is 3.35. The van der Waals surface area contributed by atoms with Crippen molar-refractivity contribution in [2.75, 3.05) is 39.4 Å². The van der Waals surface area contributed by atoms with Crippen LogP contribution >= 0.6 is 0 Å². The van der Waals surface area contributed by atoms with Crippen molar-refractivity contribution in [3.8, 4) is 0 Å². The van der Waals surface area contributed by atoms with Crippen LogP contribution < -0.4 is 0 Å². The van der Waals surface area contributed by atoms with Crippen LogP contribution in [0, 0.1) is 10.8 Å². The normalized spacial score (nSPS) is 26.4. The fraction of sp³-hybridized carbons (Fsp3) is 0.480. The third-order valence-corrected chi connectivity index (χ3v) is 7.56. The molecule has 2 spiro atoms. The molecule has 2 aromatic rings. The molecule has 1 unspecified atom stereocenters. The fourth-order valence-corrected chi connectivity index (χ4v) is 5.94. The standard InChI is InChI=1S/C25H30N2O2/c28-23(22-9-5-2-6-10-22)27-14-11-24(12-15-27)18-26(17-21-7-3-1-4-8-21)19-25(24)13-16-29-20-25/h1-10H,11-20H2. The number of amides is 1. The highest BCUT2D eigenvalue weighted by Gasteiger charge is 2.59. The van der Waals surface area contributed by atoms with Gasteiger partial charge < -0.3 is 9.64 Å². The first kappa shape index (κ1) is 18.8. The monoisotopic (exact) mass is 390 g/mol. The molecule has 3 aliphatic rings. The summed E-state index contributed by atoms with van der Waals surface area (Å²) in [6.07, 6.45) is 3.32. The SMILES string of the molecule is O=C(c1ccccc1)N1CCC2(CC1)CN(Cc1ccccc1)CC21CCOC1. The average molecular weight is 391 g/mol. The molecule has 0 N–H and O–H groups in total. The zero-order valence-electron chi connectivity index (χ0n) is 17.1. The van der Waals surface area contributed by atoms with Crippen molar-refractivity contribution in [3.05, 3.63) is 71.8 Å². The first-order chi connectivity index (χ1) is 14.2. The van der Waals surface area contributed by atoms with Crippen LogP contribution in [0.15, 0.2) is 60.7 Å². The zero-order valence-corrected chi connectivity index (χ0v) is 17.1. The molecule has 4 heteroatoms. The second-order valence-electron chi connectivity index (χ2n) is 9.15. The topological polar surface area (TPSA) is 32.8 Å². The number of fused-ring (bicyclic) bond motifs is 1. The molecule has 2 aromatic carbocycles. The number of rotatable bonds is 3. The number of nitrogens with zero attached hydrogens (tertiary/aromatic N) is 2. The minimum Gasteiger partial charge on any atom is -0.381 e. The molecule has 0 aromatic heterocycles. The molecular formula is C25H30N2O2. The Kier molecular flexibility index (Phi) is 4.92. The molecule has 4 nitrogen and oxygen atoms in total. The van der Waals surface area contributed by atoms with Crippen molar-refractivity contribution in [3.63, 3.8) is 0 Å². The van der Waals surface area contributed by atoms with E-state index in [4.69, 9.17) is 4.74 Å². The van der Waals surface area contributed by atoms with Crippen LogP contribution in [0.3, 0.4) is 0 Å². The summed E-state index contributed by atoms with van der Waals surface area (Å²) in [6, 6.07) is 20.5. The summed E-state index contributed by atoms with van der Waals surface area (Å²) < 4.78 is 5.94. The van der Waals surface area contributed by atoms with Crippen LogP contribution in [-0.2, 0) is 11.3 Å². The van der Waals surface area contributed by atoms with Gasteiger partial charge in [0.05, 0.1) is 6.61 Å². The third-order valence-electron chi connectivity index (χ3n) is 7.56. The van der Waals surface area contributed by atoms with Crippen molar-refractivity contribution in [2.45, 2.75) is 25.8 Å². The van der Waals surface area contributed by atoms with Gasteiger partial charge in [0.2, 0.25) is 0 Å². The zero-order chi connectivity index (χ0) is 19.7. The molecule has 0 radical (unpaired) electrons. The molecule has 1 amide bonds. The van der Waals surface area contributed by atoms with Crippen LogP contribution in [0.2, 0.25) is 0 Å². The van der Waals surface area contributed by atoms with E-state index >= 15 is 0 Å². The maximum atomic E-state index is 12.9. The Morgan fingerprint density at radius 2 is 1.52 bits per heavy atom. The lowest BCUT2D eigenvalue weighted by Crippen LogP contribution is -2.51. The summed E-state index contributed by atoms with van der Waals surface area (Å²) in [5.74, 6) is 0.177. The number of likely N-dealkylation sites (tertiary alicyclic amines) is 2. The largest absolute Gasteiger partial charge is 0.381 e. The van der Waals surface area contributed by atoms with Gasteiger partial charge in [-0.25, -0.2) is 0 Å². The lowest BCUT2D eigenvalue weighted by Gasteiger charge is -2.47. The molecular weight excluding hydrogens is 360 g/mol. The van der Waals surface area contributed by atoms with Gasteiger partial charge in [-0.3, -0.25) is 9.69 Å². The van der Waals surface area contributed by atoms with Gasteiger partial charge in [-0.1, -0.05) is 48.5 Å². The molecule has 152 valence electrons. The van der Waals surface area contributed by atoms with Crippen LogP contribution in [0.25, 0.3) is 0 Å². The van der Waals surface area contributed by atoms with Crippen molar-refractivity contribution < 1.29 is 9.53 Å². The Morgan fingerprint density at radius 3 is 2.17 bits per heavy atom. The first-order valence-electron chi connectivity index (χ1n) is 10.9. The van der Waals surface area contributed by atoms with Gasteiger partial charge in [0, 0.05) is 50.3 Å². The number of carbonyl (C=O) groups is 1. The highest BCUT2D eigenvalue weighted by atomic mass is 16.5. The highest BCUT2D eigenvalue weighted by Crippen LogP contribution is 2.57. The van der Waals surface area contributed by atoms with Crippen molar-refractivity contribution in [1.29, 1.82) is 0 Å². The molecule has 0 bridgehead atoms. The Morgan fingerprint density at radius 1 is 0.862 bits per heavy atom. The van der Waals surface area contributed by atoms with E-state index in [2.05, 4.69) is 40.1 Å². The molecule has 3 fully saturated rings. The van der Waals surface area contributed by atoms with Gasteiger partial charge in [-0.05, 0) is 42.4 Å². The predicted octanol–water partition coefficient (Wildman–Crippen LogP) is 3.83. The van der Waals surface area contributed by atoms with Crippen LogP contribution in [0.4, 0.5) is 0 Å². The van der Waals surface area contributed by atoms with E-state index in [0.717, 1.165) is 70.8 Å². The highest BCUT2D eigenvalue weighted by molar-refractivity contribution is 5.94. The van der Waals surface area contributed by atoms with Gasteiger partial charge in [0.1, 0.15) is 0 Å². The van der Waals surface area contributed by atoms with E-state index in [-0.39, 0.29) is 16.7 Å². The first-order valence-corrected chi connectivity index (χ1v) is 10.9. The summed E-state index contributed by atoms with van der Waals surface area (Å²) in [6.45, 7) is 6.73. The Balaban J connectivity index is 1.32. The van der Waals surface area contributed by atoms with Gasteiger partial charge >= 0.3 is 0 Å². The lowest BCUT2D eigenvalue weighted by atomic mass is 9.60. The number of benzene rings is 2. The second-order valence-corrected chi connectivity index (χ2v) is 9.15. The van der Waals surface area contributed by atoms with Crippen molar-refractivity contribution in [2.24, 2.45) is 10.8 Å². The van der Waals surface area contributed by atoms with E-state index < -0.39 is 0 Å². The summed E-state index contributed by atoms with van der Waals surface area (Å²) in [4.78, 5) is 17.6. The van der Waals surface area contributed by atoms with Gasteiger partial charge in [0.15, 0.2) is 0 Å². The number of ether oxygens (including phenoxy) is 1. The number of carbonyl (C=O) groups excluding carboxylic acids is 1. The predicted molar refractivity (Wildman–Crippen MR) is 114 cm³/mol. The van der Waals surface area contributed by atoms with E-state index in [0.29, 0.717) is 0 Å². The van der Waals surface area contributed by atoms with Crippen LogP contribution in [-0.4, -0.2) is 55.1 Å². The molecule has 0 aliphatic carbocycles. The second kappa shape index (κ2) is 7.58. The molecule has 0 saturated carbocycles. The summed E-state index contributed by atoms with van der Waals surface area (Å²) in [7, 11) is 0. The maximum Gasteiger partial charge on any atom is 0.253 e. The van der Waals surface area contributed by atoms with Crippen LogP contribution in [0.5, 0.6) is 0 Å². The van der Waals surface area contributed by atoms with Crippen molar-refractivity contribution >= 4 is 5.91 Å². The smallest absolute Gasteiger partial charge is 0.253 e. The van der Waals surface area contributed by atoms with E-state index in [1.807, 2.05) is 30.3 Å². The minimum atomic E-state index is 0.177. The Bertz CT molecular complexity index is 838. The minimum absolute atomic E-state index is 0.177. The molecule has 3 aliphatic heterocycles. The number of piperidine rings is 1. The summed E-state index contributed by atoms with van der Waals surface area (Å²) in [5.41, 5.74) is 2.71. The van der Waals surface area contributed by atoms with Gasteiger partial charge in [-0.15, -0.1) is 0 Å². The molecule has 5 rings (SSSR count). The van der Waals surface area contributed by atoms with Gasteiger partial charge in [-0.2, -0.15) is 0 Å². The molecule has 29 heavy (non-hydrogen) atoms. The molecule has 3 saturated heterocycles. The number of hydrogen-bond acceptors (Lipinski definition) is 3. The Hall–Kier alpha value is -2.17. The summed E-state index contributed by atoms with van der Waals surface area (Å²) >= 11 is 0. The fourth-order valence-electron chi connectivity index (χ4n) is 5.94. The lowest BCUT2D eigenvalue weighted by molar-refractivity contribution is 0.00836.